The number of hydrogen-bond acceptors (Lipinski definition) is 5. The third-order valence-electron chi connectivity index (χ3n) is 5.64. The molecule has 128 valence electrons. The number of aliphatic hydroxyl groups is 1. The molecule has 1 aromatic heterocycles. The van der Waals surface area contributed by atoms with E-state index in [2.05, 4.69) is 48.0 Å². The number of nitrogens with zero attached hydrogens (tertiary/aromatic N) is 3. The molecule has 1 N–H and O–H groups in total. The van der Waals surface area contributed by atoms with Gasteiger partial charge in [0.2, 0.25) is 0 Å². The van der Waals surface area contributed by atoms with Crippen molar-refractivity contribution >= 4 is 5.82 Å². The Morgan fingerprint density at radius 3 is 2.57 bits per heavy atom. The first kappa shape index (κ1) is 16.7. The van der Waals surface area contributed by atoms with E-state index >= 15 is 0 Å². The fourth-order valence-corrected chi connectivity index (χ4v) is 3.96. The van der Waals surface area contributed by atoms with Crippen molar-refractivity contribution in [2.45, 2.75) is 51.6 Å². The van der Waals surface area contributed by atoms with Crippen LogP contribution < -0.4 is 4.90 Å². The highest BCUT2D eigenvalue weighted by atomic mass is 16.5. The van der Waals surface area contributed by atoms with Gasteiger partial charge in [-0.3, -0.25) is 0 Å². The Bertz CT molecular complexity index is 514. The fourth-order valence-electron chi connectivity index (χ4n) is 3.96. The normalized spacial score (nSPS) is 30.0. The molecule has 1 aromatic rings. The summed E-state index contributed by atoms with van der Waals surface area (Å²) in [5.74, 6) is 1.92. The Labute approximate surface area is 139 Å². The van der Waals surface area contributed by atoms with Crippen LogP contribution in [0.5, 0.6) is 0 Å². The van der Waals surface area contributed by atoms with Crippen molar-refractivity contribution in [3.8, 4) is 0 Å². The molecule has 0 unspecified atom stereocenters. The lowest BCUT2D eigenvalue weighted by molar-refractivity contribution is -0.108. The molecule has 2 atom stereocenters. The summed E-state index contributed by atoms with van der Waals surface area (Å²) in [7, 11) is 0. The van der Waals surface area contributed by atoms with Crippen LogP contribution in [0.1, 0.15) is 51.6 Å². The molecule has 2 aliphatic rings. The SMILES string of the molecule is CC(C)c1ccc(N2CC[C@@](O)(C3CCOCC3)[C@H](C)C2)nn1. The summed E-state index contributed by atoms with van der Waals surface area (Å²) < 4.78 is 5.45. The summed E-state index contributed by atoms with van der Waals surface area (Å²) in [5.41, 5.74) is 0.462. The predicted octanol–water partition coefficient (Wildman–Crippen LogP) is 2.60. The maximum atomic E-state index is 11.2. The summed E-state index contributed by atoms with van der Waals surface area (Å²) in [6.07, 6.45) is 2.75. The second-order valence-corrected chi connectivity index (χ2v) is 7.45. The quantitative estimate of drug-likeness (QED) is 0.928. The van der Waals surface area contributed by atoms with Crippen LogP contribution in [0.15, 0.2) is 12.1 Å². The highest BCUT2D eigenvalue weighted by molar-refractivity contribution is 5.39. The Hall–Kier alpha value is -1.20. The van der Waals surface area contributed by atoms with Crippen LogP contribution in [0.2, 0.25) is 0 Å². The first-order valence-corrected chi connectivity index (χ1v) is 8.89. The number of ether oxygens (including phenoxy) is 1. The molecule has 0 radical (unpaired) electrons. The van der Waals surface area contributed by atoms with E-state index < -0.39 is 5.60 Å². The molecule has 3 rings (SSSR count). The minimum absolute atomic E-state index is 0.228. The molecular weight excluding hydrogens is 290 g/mol. The molecule has 23 heavy (non-hydrogen) atoms. The monoisotopic (exact) mass is 319 g/mol. The van der Waals surface area contributed by atoms with Gasteiger partial charge in [-0.15, -0.1) is 5.10 Å². The largest absolute Gasteiger partial charge is 0.389 e. The van der Waals surface area contributed by atoms with Gasteiger partial charge < -0.3 is 14.7 Å². The summed E-state index contributed by atoms with van der Waals surface area (Å²) >= 11 is 0. The minimum atomic E-state index is -0.564. The topological polar surface area (TPSA) is 58.5 Å². The zero-order valence-electron chi connectivity index (χ0n) is 14.5. The number of hydrogen-bond donors (Lipinski definition) is 1. The predicted molar refractivity (Wildman–Crippen MR) is 90.6 cm³/mol. The van der Waals surface area contributed by atoms with Crippen LogP contribution in [0.4, 0.5) is 5.82 Å². The summed E-state index contributed by atoms with van der Waals surface area (Å²) in [6.45, 7) is 9.66. The van der Waals surface area contributed by atoms with Gasteiger partial charge >= 0.3 is 0 Å². The Kier molecular flexibility index (Phi) is 4.87. The van der Waals surface area contributed by atoms with Crippen LogP contribution in [0.25, 0.3) is 0 Å². The zero-order valence-corrected chi connectivity index (χ0v) is 14.5. The first-order chi connectivity index (χ1) is 11.0. The van der Waals surface area contributed by atoms with Gasteiger partial charge in [-0.2, -0.15) is 5.10 Å². The summed E-state index contributed by atoms with van der Waals surface area (Å²) in [6, 6.07) is 4.13. The molecule has 2 aliphatic heterocycles. The standard InChI is InChI=1S/C18H29N3O2/c1-13(2)16-4-5-17(20-19-16)21-9-8-18(22,14(3)12-21)15-6-10-23-11-7-15/h4-5,13-15,22H,6-12H2,1-3H3/t14-,18+/m1/s1. The Balaban J connectivity index is 1.67. The average molecular weight is 319 g/mol. The lowest BCUT2D eigenvalue weighted by Crippen LogP contribution is -2.56. The number of aromatic nitrogens is 2. The van der Waals surface area contributed by atoms with E-state index in [0.717, 1.165) is 57.1 Å². The van der Waals surface area contributed by atoms with Gasteiger partial charge in [0, 0.05) is 32.2 Å². The number of anilines is 1. The van der Waals surface area contributed by atoms with E-state index in [1.165, 1.54) is 0 Å². The molecule has 0 bridgehead atoms. The molecule has 2 fully saturated rings. The molecular formula is C18H29N3O2. The molecule has 3 heterocycles. The summed E-state index contributed by atoms with van der Waals surface area (Å²) in [5, 5.41) is 20.0. The van der Waals surface area contributed by atoms with Gasteiger partial charge in [-0.1, -0.05) is 20.8 Å². The van der Waals surface area contributed by atoms with Crippen LogP contribution in [0, 0.1) is 11.8 Å². The van der Waals surface area contributed by atoms with Gasteiger partial charge in [0.25, 0.3) is 0 Å². The molecule has 5 nitrogen and oxygen atoms in total. The molecule has 0 saturated carbocycles. The Morgan fingerprint density at radius 2 is 2.00 bits per heavy atom. The van der Waals surface area contributed by atoms with Crippen molar-refractivity contribution < 1.29 is 9.84 Å². The second kappa shape index (κ2) is 6.73. The van der Waals surface area contributed by atoms with Gasteiger partial charge in [-0.05, 0) is 43.2 Å². The van der Waals surface area contributed by atoms with E-state index in [-0.39, 0.29) is 5.92 Å². The van der Waals surface area contributed by atoms with Crippen molar-refractivity contribution in [1.82, 2.24) is 10.2 Å². The molecule has 0 aliphatic carbocycles. The van der Waals surface area contributed by atoms with Gasteiger partial charge in [0.15, 0.2) is 5.82 Å². The van der Waals surface area contributed by atoms with Crippen molar-refractivity contribution in [1.29, 1.82) is 0 Å². The van der Waals surface area contributed by atoms with Crippen LogP contribution in [-0.4, -0.2) is 47.2 Å². The third-order valence-corrected chi connectivity index (χ3v) is 5.64. The molecule has 0 aromatic carbocycles. The van der Waals surface area contributed by atoms with E-state index in [4.69, 9.17) is 4.74 Å². The van der Waals surface area contributed by atoms with Crippen molar-refractivity contribution in [3.05, 3.63) is 17.8 Å². The lowest BCUT2D eigenvalue weighted by Gasteiger charge is -2.48. The van der Waals surface area contributed by atoms with Crippen molar-refractivity contribution in [2.75, 3.05) is 31.2 Å². The zero-order chi connectivity index (χ0) is 16.4. The van der Waals surface area contributed by atoms with E-state index in [9.17, 15) is 5.11 Å². The van der Waals surface area contributed by atoms with E-state index in [1.807, 2.05) is 0 Å². The van der Waals surface area contributed by atoms with Gasteiger partial charge in [-0.25, -0.2) is 0 Å². The highest BCUT2D eigenvalue weighted by Crippen LogP contribution is 2.40. The average Bonchev–Trinajstić information content (AvgIpc) is 2.58. The first-order valence-electron chi connectivity index (χ1n) is 8.89. The third kappa shape index (κ3) is 3.36. The van der Waals surface area contributed by atoms with E-state index in [0.29, 0.717) is 11.8 Å². The maximum Gasteiger partial charge on any atom is 0.151 e. The van der Waals surface area contributed by atoms with Crippen LogP contribution in [0.3, 0.4) is 0 Å². The van der Waals surface area contributed by atoms with Crippen molar-refractivity contribution in [3.63, 3.8) is 0 Å². The molecule has 0 spiro atoms. The van der Waals surface area contributed by atoms with Crippen molar-refractivity contribution in [2.24, 2.45) is 11.8 Å². The lowest BCUT2D eigenvalue weighted by atomic mass is 9.70. The van der Waals surface area contributed by atoms with Crippen LogP contribution in [-0.2, 0) is 4.74 Å². The minimum Gasteiger partial charge on any atom is -0.389 e. The second-order valence-electron chi connectivity index (χ2n) is 7.45. The number of rotatable bonds is 3. The smallest absolute Gasteiger partial charge is 0.151 e. The highest BCUT2D eigenvalue weighted by Gasteiger charge is 2.45. The maximum absolute atomic E-state index is 11.2. The van der Waals surface area contributed by atoms with E-state index in [1.54, 1.807) is 0 Å². The van der Waals surface area contributed by atoms with Gasteiger partial charge in [0.05, 0.1) is 11.3 Å². The number of piperidine rings is 1. The molecule has 2 saturated heterocycles. The fraction of sp³-hybridized carbons (Fsp3) is 0.778. The van der Waals surface area contributed by atoms with Gasteiger partial charge in [0.1, 0.15) is 0 Å². The van der Waals surface area contributed by atoms with Crippen LogP contribution >= 0.6 is 0 Å². The molecule has 0 amide bonds. The Morgan fingerprint density at radius 1 is 1.26 bits per heavy atom. The summed E-state index contributed by atoms with van der Waals surface area (Å²) in [4.78, 5) is 2.26. The molecule has 5 heteroatoms.